The van der Waals surface area contributed by atoms with E-state index in [1.54, 1.807) is 0 Å². The second-order valence-corrected chi connectivity index (χ2v) is 7.32. The molecule has 4 rings (SSSR count). The van der Waals surface area contributed by atoms with Gasteiger partial charge in [0.2, 0.25) is 0 Å². The Hall–Kier alpha value is -1.39. The Balaban J connectivity index is 1.52. The van der Waals surface area contributed by atoms with Gasteiger partial charge in [-0.1, -0.05) is 18.2 Å². The highest BCUT2D eigenvalue weighted by atomic mass is 16.5. The molecule has 0 spiro atoms. The Morgan fingerprint density at radius 1 is 1.17 bits per heavy atom. The van der Waals surface area contributed by atoms with E-state index in [2.05, 4.69) is 9.80 Å². The highest BCUT2D eigenvalue weighted by Crippen LogP contribution is 2.36. The summed E-state index contributed by atoms with van der Waals surface area (Å²) in [5, 5.41) is 0. The molecule has 2 aliphatic heterocycles. The monoisotopic (exact) mass is 314 g/mol. The van der Waals surface area contributed by atoms with Crippen molar-refractivity contribution in [3.63, 3.8) is 0 Å². The molecule has 0 radical (unpaired) electrons. The Morgan fingerprint density at radius 2 is 1.96 bits per heavy atom. The summed E-state index contributed by atoms with van der Waals surface area (Å²) in [7, 11) is 1.82. The third-order valence-electron chi connectivity index (χ3n) is 5.74. The van der Waals surface area contributed by atoms with Crippen LogP contribution in [0, 0.1) is 11.8 Å². The number of fused-ring (bicyclic) bond motifs is 1. The van der Waals surface area contributed by atoms with E-state index in [9.17, 15) is 4.79 Å². The minimum absolute atomic E-state index is 0.184. The first-order valence-electron chi connectivity index (χ1n) is 8.87. The van der Waals surface area contributed by atoms with E-state index in [1.807, 2.05) is 37.4 Å². The first-order valence-corrected chi connectivity index (χ1v) is 8.87. The number of hydrogen-bond acceptors (Lipinski definition) is 3. The quantitative estimate of drug-likeness (QED) is 0.854. The molecular weight excluding hydrogens is 288 g/mol. The summed E-state index contributed by atoms with van der Waals surface area (Å²) in [5.74, 6) is 1.54. The SMILES string of the molecule is CO[C@@H]1CCN(C(=O)c2ccccc2)[C@H]2CN(CC3CC3)C[C@@H]12. The normalized spacial score (nSPS) is 31.2. The van der Waals surface area contributed by atoms with E-state index in [0.717, 1.165) is 37.5 Å². The van der Waals surface area contributed by atoms with Gasteiger partial charge in [0.25, 0.3) is 5.91 Å². The fourth-order valence-electron chi connectivity index (χ4n) is 4.34. The molecule has 3 fully saturated rings. The molecule has 3 atom stereocenters. The molecule has 2 saturated heterocycles. The zero-order valence-corrected chi connectivity index (χ0v) is 13.9. The van der Waals surface area contributed by atoms with Crippen LogP contribution in [0.25, 0.3) is 0 Å². The van der Waals surface area contributed by atoms with E-state index >= 15 is 0 Å². The first-order chi connectivity index (χ1) is 11.3. The van der Waals surface area contributed by atoms with Crippen LogP contribution in [0.2, 0.25) is 0 Å². The Labute approximate surface area is 138 Å². The van der Waals surface area contributed by atoms with E-state index in [4.69, 9.17) is 4.74 Å². The van der Waals surface area contributed by atoms with Gasteiger partial charge in [0, 0.05) is 44.8 Å². The maximum absolute atomic E-state index is 12.9. The van der Waals surface area contributed by atoms with Crippen molar-refractivity contribution in [3.8, 4) is 0 Å². The van der Waals surface area contributed by atoms with Crippen LogP contribution in [-0.2, 0) is 4.74 Å². The molecule has 1 aromatic carbocycles. The van der Waals surface area contributed by atoms with E-state index in [0.29, 0.717) is 18.1 Å². The molecule has 124 valence electrons. The maximum atomic E-state index is 12.9. The molecule has 1 aliphatic carbocycles. The van der Waals surface area contributed by atoms with E-state index in [1.165, 1.54) is 19.4 Å². The van der Waals surface area contributed by atoms with Gasteiger partial charge in [0.1, 0.15) is 0 Å². The molecule has 1 saturated carbocycles. The summed E-state index contributed by atoms with van der Waals surface area (Å²) in [6.45, 7) is 4.11. The zero-order valence-electron chi connectivity index (χ0n) is 13.9. The van der Waals surface area contributed by atoms with Gasteiger partial charge in [-0.2, -0.15) is 0 Å². The van der Waals surface area contributed by atoms with Gasteiger partial charge in [-0.05, 0) is 37.3 Å². The molecule has 0 aromatic heterocycles. The molecule has 1 amide bonds. The lowest BCUT2D eigenvalue weighted by atomic mass is 9.88. The smallest absolute Gasteiger partial charge is 0.254 e. The van der Waals surface area contributed by atoms with Crippen molar-refractivity contribution in [1.82, 2.24) is 9.80 Å². The van der Waals surface area contributed by atoms with Gasteiger partial charge >= 0.3 is 0 Å². The molecule has 23 heavy (non-hydrogen) atoms. The van der Waals surface area contributed by atoms with E-state index < -0.39 is 0 Å². The fourth-order valence-corrected chi connectivity index (χ4v) is 4.34. The third-order valence-corrected chi connectivity index (χ3v) is 5.74. The van der Waals surface area contributed by atoms with Gasteiger partial charge in [-0.3, -0.25) is 4.79 Å². The van der Waals surface area contributed by atoms with E-state index in [-0.39, 0.29) is 5.91 Å². The van der Waals surface area contributed by atoms with Crippen molar-refractivity contribution >= 4 is 5.91 Å². The Morgan fingerprint density at radius 3 is 2.65 bits per heavy atom. The molecule has 0 bridgehead atoms. The number of carbonyl (C=O) groups excluding carboxylic acids is 1. The lowest BCUT2D eigenvalue weighted by molar-refractivity contribution is -0.0156. The number of nitrogens with zero attached hydrogens (tertiary/aromatic N) is 2. The summed E-state index contributed by atoms with van der Waals surface area (Å²) < 4.78 is 5.74. The van der Waals surface area contributed by atoms with Gasteiger partial charge in [-0.25, -0.2) is 0 Å². The average molecular weight is 314 g/mol. The van der Waals surface area contributed by atoms with Crippen LogP contribution < -0.4 is 0 Å². The molecule has 2 heterocycles. The zero-order chi connectivity index (χ0) is 15.8. The highest BCUT2D eigenvalue weighted by Gasteiger charge is 2.46. The van der Waals surface area contributed by atoms with Crippen LogP contribution in [0.5, 0.6) is 0 Å². The molecule has 4 nitrogen and oxygen atoms in total. The average Bonchev–Trinajstić information content (AvgIpc) is 3.30. The Bertz CT molecular complexity index is 558. The van der Waals surface area contributed by atoms with Gasteiger partial charge in [0.05, 0.1) is 12.1 Å². The Kier molecular flexibility index (Phi) is 4.12. The van der Waals surface area contributed by atoms with Crippen molar-refractivity contribution in [1.29, 1.82) is 0 Å². The second-order valence-electron chi connectivity index (χ2n) is 7.32. The molecule has 1 aromatic rings. The minimum Gasteiger partial charge on any atom is -0.381 e. The minimum atomic E-state index is 0.184. The van der Waals surface area contributed by atoms with Crippen molar-refractivity contribution < 1.29 is 9.53 Å². The number of methoxy groups -OCH3 is 1. The number of hydrogen-bond donors (Lipinski definition) is 0. The first kappa shape index (κ1) is 15.2. The maximum Gasteiger partial charge on any atom is 0.254 e. The van der Waals surface area contributed by atoms with Gasteiger partial charge in [-0.15, -0.1) is 0 Å². The van der Waals surface area contributed by atoms with Crippen molar-refractivity contribution in [2.75, 3.05) is 33.3 Å². The van der Waals surface area contributed by atoms with Crippen LogP contribution in [0.1, 0.15) is 29.6 Å². The lowest BCUT2D eigenvalue weighted by Crippen LogP contribution is -2.53. The van der Waals surface area contributed by atoms with Crippen molar-refractivity contribution in [3.05, 3.63) is 35.9 Å². The molecule has 0 unspecified atom stereocenters. The topological polar surface area (TPSA) is 32.8 Å². The molecule has 3 aliphatic rings. The van der Waals surface area contributed by atoms with Crippen LogP contribution in [0.4, 0.5) is 0 Å². The van der Waals surface area contributed by atoms with Gasteiger partial charge in [0.15, 0.2) is 0 Å². The standard InChI is InChI=1S/C19H26N2O2/c1-23-18-9-10-21(19(22)15-5-3-2-4-6-15)17-13-20(12-16(17)18)11-14-7-8-14/h2-6,14,16-18H,7-13H2,1H3/t16-,17+,18-/m1/s1. The van der Waals surface area contributed by atoms with Crippen LogP contribution in [0.3, 0.4) is 0 Å². The second kappa shape index (κ2) is 6.25. The predicted octanol–water partition coefficient (Wildman–Crippen LogP) is 2.26. The number of amides is 1. The van der Waals surface area contributed by atoms with Gasteiger partial charge < -0.3 is 14.5 Å². The van der Waals surface area contributed by atoms with Crippen LogP contribution in [0.15, 0.2) is 30.3 Å². The number of rotatable bonds is 4. The number of piperidine rings is 1. The largest absolute Gasteiger partial charge is 0.381 e. The number of benzene rings is 1. The number of carbonyl (C=O) groups is 1. The summed E-state index contributed by atoms with van der Waals surface area (Å²) in [5.41, 5.74) is 0.808. The summed E-state index contributed by atoms with van der Waals surface area (Å²) >= 11 is 0. The predicted molar refractivity (Wildman–Crippen MR) is 89.3 cm³/mol. The van der Waals surface area contributed by atoms with Crippen LogP contribution in [-0.4, -0.2) is 61.1 Å². The van der Waals surface area contributed by atoms with Crippen molar-refractivity contribution in [2.24, 2.45) is 11.8 Å². The number of ether oxygens (including phenoxy) is 1. The highest BCUT2D eigenvalue weighted by molar-refractivity contribution is 5.94. The van der Waals surface area contributed by atoms with Crippen LogP contribution >= 0.6 is 0 Å². The van der Waals surface area contributed by atoms with Crippen molar-refractivity contribution in [2.45, 2.75) is 31.4 Å². The third kappa shape index (κ3) is 3.02. The number of likely N-dealkylation sites (tertiary alicyclic amines) is 2. The fraction of sp³-hybridized carbons (Fsp3) is 0.632. The molecule has 0 N–H and O–H groups in total. The lowest BCUT2D eigenvalue weighted by Gasteiger charge is -2.41. The summed E-state index contributed by atoms with van der Waals surface area (Å²) in [6, 6.07) is 10.0. The molecular formula is C19H26N2O2. The summed E-state index contributed by atoms with van der Waals surface area (Å²) in [6.07, 6.45) is 4.01. The molecule has 4 heteroatoms. The summed E-state index contributed by atoms with van der Waals surface area (Å²) in [4.78, 5) is 17.6.